The van der Waals surface area contributed by atoms with Gasteiger partial charge in [-0.3, -0.25) is 0 Å². The molecule has 1 aromatic heterocycles. The van der Waals surface area contributed by atoms with Crippen molar-refractivity contribution in [2.75, 3.05) is 5.73 Å². The molecule has 0 radical (unpaired) electrons. The molecule has 0 fully saturated rings. The first-order chi connectivity index (χ1) is 8.10. The van der Waals surface area contributed by atoms with E-state index in [2.05, 4.69) is 9.97 Å². The molecule has 88 valence electrons. The van der Waals surface area contributed by atoms with Crippen LogP contribution in [0.1, 0.15) is 12.7 Å². The van der Waals surface area contributed by atoms with E-state index in [0.717, 1.165) is 5.56 Å². The van der Waals surface area contributed by atoms with Gasteiger partial charge in [0.15, 0.2) is 0 Å². The summed E-state index contributed by atoms with van der Waals surface area (Å²) >= 11 is 5.73. The summed E-state index contributed by atoms with van der Waals surface area (Å²) < 4.78 is 13.0. The summed E-state index contributed by atoms with van der Waals surface area (Å²) in [6.07, 6.45) is 0.687. The molecular formula is C12H11ClFN3. The number of aromatic nitrogens is 2. The zero-order valence-electron chi connectivity index (χ0n) is 9.24. The molecule has 0 spiro atoms. The Balaban J connectivity index is 2.52. The second-order valence-electron chi connectivity index (χ2n) is 3.58. The summed E-state index contributed by atoms with van der Waals surface area (Å²) in [5.74, 6) is 0.598. The highest BCUT2D eigenvalue weighted by Crippen LogP contribution is 2.24. The van der Waals surface area contributed by atoms with Gasteiger partial charge in [0, 0.05) is 18.1 Å². The molecule has 17 heavy (non-hydrogen) atoms. The van der Waals surface area contributed by atoms with Crippen LogP contribution in [0, 0.1) is 5.82 Å². The fourth-order valence-corrected chi connectivity index (χ4v) is 1.66. The lowest BCUT2D eigenvalue weighted by atomic mass is 10.1. The minimum Gasteiger partial charge on any atom is -0.384 e. The van der Waals surface area contributed by atoms with Crippen LogP contribution in [-0.2, 0) is 6.42 Å². The summed E-state index contributed by atoms with van der Waals surface area (Å²) in [6.45, 7) is 1.94. The first-order valence-electron chi connectivity index (χ1n) is 5.19. The number of nitrogens with zero attached hydrogens (tertiary/aromatic N) is 2. The second kappa shape index (κ2) is 4.67. The third-order valence-corrected chi connectivity index (χ3v) is 2.61. The van der Waals surface area contributed by atoms with Crippen LogP contribution in [0.4, 0.5) is 10.2 Å². The average Bonchev–Trinajstić information content (AvgIpc) is 2.32. The zero-order valence-corrected chi connectivity index (χ0v) is 10.0. The van der Waals surface area contributed by atoms with Gasteiger partial charge in [-0.15, -0.1) is 0 Å². The third-order valence-electron chi connectivity index (χ3n) is 2.32. The number of benzene rings is 1. The molecular weight excluding hydrogens is 241 g/mol. The first kappa shape index (κ1) is 11.8. The Morgan fingerprint density at radius 1 is 1.29 bits per heavy atom. The van der Waals surface area contributed by atoms with Crippen LogP contribution >= 0.6 is 11.6 Å². The van der Waals surface area contributed by atoms with Gasteiger partial charge in [-0.2, -0.15) is 0 Å². The summed E-state index contributed by atoms with van der Waals surface area (Å²) in [5.41, 5.74) is 7.05. The van der Waals surface area contributed by atoms with Crippen LogP contribution in [0.25, 0.3) is 11.3 Å². The van der Waals surface area contributed by atoms with Crippen LogP contribution in [0.2, 0.25) is 5.02 Å². The fraction of sp³-hybridized carbons (Fsp3) is 0.167. The molecule has 3 nitrogen and oxygen atoms in total. The van der Waals surface area contributed by atoms with Crippen molar-refractivity contribution in [1.29, 1.82) is 0 Å². The maximum absolute atomic E-state index is 13.0. The smallest absolute Gasteiger partial charge is 0.141 e. The Morgan fingerprint density at radius 3 is 2.71 bits per heavy atom. The monoisotopic (exact) mass is 251 g/mol. The maximum atomic E-state index is 13.0. The lowest BCUT2D eigenvalue weighted by molar-refractivity contribution is 0.628. The van der Waals surface area contributed by atoms with Crippen LogP contribution in [0.15, 0.2) is 24.3 Å². The highest BCUT2D eigenvalue weighted by molar-refractivity contribution is 6.31. The lowest BCUT2D eigenvalue weighted by Crippen LogP contribution is -2.00. The summed E-state index contributed by atoms with van der Waals surface area (Å²) in [7, 11) is 0. The van der Waals surface area contributed by atoms with E-state index in [1.165, 1.54) is 12.1 Å². The number of hydrogen-bond acceptors (Lipinski definition) is 3. The molecule has 0 atom stereocenters. The molecule has 0 unspecified atom stereocenters. The number of rotatable bonds is 2. The summed E-state index contributed by atoms with van der Waals surface area (Å²) in [6, 6.07) is 6.09. The minimum absolute atomic E-state index is 0.0673. The van der Waals surface area contributed by atoms with Crippen LogP contribution < -0.4 is 5.73 Å². The Bertz CT molecular complexity index is 557. The molecule has 0 bridgehead atoms. The molecule has 0 amide bonds. The number of halogens is 2. The molecule has 1 aromatic carbocycles. The van der Waals surface area contributed by atoms with E-state index in [-0.39, 0.29) is 5.02 Å². The molecule has 1 heterocycles. The van der Waals surface area contributed by atoms with Crippen molar-refractivity contribution < 1.29 is 4.39 Å². The third kappa shape index (κ3) is 2.53. The van der Waals surface area contributed by atoms with Gasteiger partial charge < -0.3 is 5.73 Å². The normalized spacial score (nSPS) is 10.5. The summed E-state index contributed by atoms with van der Waals surface area (Å²) in [5, 5.41) is 0.0673. The Kier molecular flexibility index (Phi) is 3.24. The Morgan fingerprint density at radius 2 is 2.06 bits per heavy atom. The molecule has 0 aliphatic heterocycles. The number of anilines is 1. The molecule has 2 rings (SSSR count). The van der Waals surface area contributed by atoms with Crippen molar-refractivity contribution in [3.8, 4) is 11.3 Å². The Hall–Kier alpha value is -1.68. The van der Waals surface area contributed by atoms with Gasteiger partial charge in [-0.05, 0) is 18.2 Å². The highest BCUT2D eigenvalue weighted by atomic mass is 35.5. The molecule has 0 saturated heterocycles. The standard InChI is InChI=1S/C12H11ClFN3/c1-2-12-16-10(6-11(15)17-12)7-3-4-9(14)8(13)5-7/h3-6H,2H2,1H3,(H2,15,16,17). The molecule has 0 saturated carbocycles. The predicted molar refractivity (Wildman–Crippen MR) is 66.2 cm³/mol. The molecule has 5 heteroatoms. The number of nitrogen functional groups attached to an aromatic ring is 1. The van der Waals surface area contributed by atoms with E-state index in [0.29, 0.717) is 23.8 Å². The first-order valence-corrected chi connectivity index (χ1v) is 5.57. The lowest BCUT2D eigenvalue weighted by Gasteiger charge is -2.05. The summed E-state index contributed by atoms with van der Waals surface area (Å²) in [4.78, 5) is 8.40. The average molecular weight is 252 g/mol. The highest BCUT2D eigenvalue weighted by Gasteiger charge is 2.07. The number of nitrogens with two attached hydrogens (primary N) is 1. The number of hydrogen-bond donors (Lipinski definition) is 1. The van der Waals surface area contributed by atoms with Gasteiger partial charge >= 0.3 is 0 Å². The van der Waals surface area contributed by atoms with Crippen molar-refractivity contribution in [3.05, 3.63) is 40.9 Å². The van der Waals surface area contributed by atoms with E-state index >= 15 is 0 Å². The van der Waals surface area contributed by atoms with Gasteiger partial charge in [-0.1, -0.05) is 18.5 Å². The van der Waals surface area contributed by atoms with E-state index in [1.807, 2.05) is 6.92 Å². The molecule has 0 aliphatic carbocycles. The Labute approximate surface area is 103 Å². The van der Waals surface area contributed by atoms with E-state index in [9.17, 15) is 4.39 Å². The molecule has 0 aliphatic rings. The van der Waals surface area contributed by atoms with Crippen molar-refractivity contribution in [1.82, 2.24) is 9.97 Å². The minimum atomic E-state index is -0.451. The topological polar surface area (TPSA) is 51.8 Å². The predicted octanol–water partition coefficient (Wildman–Crippen LogP) is 3.08. The van der Waals surface area contributed by atoms with Crippen molar-refractivity contribution >= 4 is 17.4 Å². The van der Waals surface area contributed by atoms with Crippen LogP contribution in [-0.4, -0.2) is 9.97 Å². The van der Waals surface area contributed by atoms with Crippen LogP contribution in [0.5, 0.6) is 0 Å². The van der Waals surface area contributed by atoms with Gasteiger partial charge in [-0.25, -0.2) is 14.4 Å². The van der Waals surface area contributed by atoms with E-state index in [4.69, 9.17) is 17.3 Å². The van der Waals surface area contributed by atoms with E-state index < -0.39 is 5.82 Å². The van der Waals surface area contributed by atoms with Crippen molar-refractivity contribution in [3.63, 3.8) is 0 Å². The van der Waals surface area contributed by atoms with Gasteiger partial charge in [0.2, 0.25) is 0 Å². The SMILES string of the molecule is CCc1nc(N)cc(-c2ccc(F)c(Cl)c2)n1. The van der Waals surface area contributed by atoms with Crippen LogP contribution in [0.3, 0.4) is 0 Å². The van der Waals surface area contributed by atoms with Crippen molar-refractivity contribution in [2.45, 2.75) is 13.3 Å². The van der Waals surface area contributed by atoms with Gasteiger partial charge in [0.25, 0.3) is 0 Å². The van der Waals surface area contributed by atoms with Gasteiger partial charge in [0.05, 0.1) is 10.7 Å². The fourth-order valence-electron chi connectivity index (χ4n) is 1.48. The molecule has 2 aromatic rings. The van der Waals surface area contributed by atoms with Gasteiger partial charge in [0.1, 0.15) is 17.5 Å². The van der Waals surface area contributed by atoms with Crippen molar-refractivity contribution in [2.24, 2.45) is 0 Å². The second-order valence-corrected chi connectivity index (χ2v) is 3.98. The number of aryl methyl sites for hydroxylation is 1. The zero-order chi connectivity index (χ0) is 12.4. The van der Waals surface area contributed by atoms with E-state index in [1.54, 1.807) is 12.1 Å². The maximum Gasteiger partial charge on any atom is 0.141 e. The largest absolute Gasteiger partial charge is 0.384 e. The quantitative estimate of drug-likeness (QED) is 0.892. The molecule has 2 N–H and O–H groups in total.